The molecule has 6 rings (SSSR count). The molecule has 0 bridgehead atoms. The fourth-order valence-electron chi connectivity index (χ4n) is 6.25. The molecule has 0 radical (unpaired) electrons. The van der Waals surface area contributed by atoms with E-state index in [0.717, 1.165) is 35.2 Å². The standard InChI is InChI=1S/C38H38Cl2N4O5/c1-38(2,3)49-37(47)44(21-23-15-19-33(46)41-23)20-22-14-17-31(43-36(22)48-4)28-11-6-9-25(35(28)40)24-8-5-10-27(34(24)39)30-18-16-26-29(42-30)12-7-13-32(26)45/h5-6,8-11,14,16-18,23H,7,12-13,15,19-21H2,1-4H3,(H,41,46)/t23-/m0/s1. The van der Waals surface area contributed by atoms with Crippen molar-refractivity contribution in [3.05, 3.63) is 87.5 Å². The van der Waals surface area contributed by atoms with Gasteiger partial charge in [0.2, 0.25) is 11.8 Å². The number of aromatic nitrogens is 2. The normalized spacial score (nSPS) is 15.8. The van der Waals surface area contributed by atoms with Crippen LogP contribution in [0.25, 0.3) is 33.6 Å². The van der Waals surface area contributed by atoms with E-state index in [-0.39, 0.29) is 24.3 Å². The molecule has 11 heteroatoms. The smallest absolute Gasteiger partial charge is 0.410 e. The van der Waals surface area contributed by atoms with Gasteiger partial charge in [0.25, 0.3) is 0 Å². The largest absolute Gasteiger partial charge is 0.481 e. The number of carbonyl (C=O) groups is 3. The van der Waals surface area contributed by atoms with Crippen LogP contribution in [0.3, 0.4) is 0 Å². The molecule has 4 aromatic rings. The van der Waals surface area contributed by atoms with Crippen molar-refractivity contribution in [2.24, 2.45) is 0 Å². The maximum atomic E-state index is 13.2. The highest BCUT2D eigenvalue weighted by atomic mass is 35.5. The molecule has 1 aliphatic carbocycles. The molecule has 1 aliphatic heterocycles. The quantitative estimate of drug-likeness (QED) is 0.197. The van der Waals surface area contributed by atoms with Crippen LogP contribution in [0.4, 0.5) is 4.79 Å². The van der Waals surface area contributed by atoms with Crippen LogP contribution in [0.2, 0.25) is 10.0 Å². The first-order chi connectivity index (χ1) is 23.4. The van der Waals surface area contributed by atoms with E-state index in [2.05, 4.69) is 5.32 Å². The number of aryl methyl sites for hydroxylation is 1. The number of amides is 2. The third-order valence-corrected chi connectivity index (χ3v) is 9.42. The molecule has 2 amide bonds. The van der Waals surface area contributed by atoms with Gasteiger partial charge in [0.1, 0.15) is 5.60 Å². The minimum absolute atomic E-state index is 0.0298. The average molecular weight is 702 g/mol. The lowest BCUT2D eigenvalue weighted by Gasteiger charge is -2.29. The molecular formula is C38H38Cl2N4O5. The first kappa shape index (κ1) is 34.4. The van der Waals surface area contributed by atoms with Crippen LogP contribution in [-0.4, -0.2) is 57.9 Å². The van der Waals surface area contributed by atoms with E-state index in [1.54, 1.807) is 4.90 Å². The highest BCUT2D eigenvalue weighted by Gasteiger charge is 2.29. The van der Waals surface area contributed by atoms with Gasteiger partial charge in [0.15, 0.2) is 5.78 Å². The second-order valence-electron chi connectivity index (χ2n) is 13.3. The lowest BCUT2D eigenvalue weighted by atomic mass is 9.93. The number of benzene rings is 2. The minimum atomic E-state index is -0.692. The van der Waals surface area contributed by atoms with Crippen LogP contribution in [0.5, 0.6) is 5.88 Å². The molecule has 49 heavy (non-hydrogen) atoms. The van der Waals surface area contributed by atoms with Crippen molar-refractivity contribution < 1.29 is 23.9 Å². The summed E-state index contributed by atoms with van der Waals surface area (Å²) in [5.41, 5.74) is 5.62. The van der Waals surface area contributed by atoms with E-state index in [1.807, 2.05) is 81.4 Å². The lowest BCUT2D eigenvalue weighted by molar-refractivity contribution is -0.119. The monoisotopic (exact) mass is 700 g/mol. The molecule has 2 aromatic heterocycles. The number of halogens is 2. The molecule has 1 atom stereocenters. The van der Waals surface area contributed by atoms with E-state index >= 15 is 0 Å². The predicted molar refractivity (Wildman–Crippen MR) is 190 cm³/mol. The molecule has 0 saturated carbocycles. The Labute approximate surface area is 295 Å². The number of nitrogens with one attached hydrogen (secondary N) is 1. The van der Waals surface area contributed by atoms with E-state index in [1.165, 1.54) is 7.11 Å². The Hall–Kier alpha value is -4.47. The molecule has 2 aliphatic rings. The van der Waals surface area contributed by atoms with Crippen LogP contribution >= 0.6 is 23.2 Å². The number of Topliss-reactive ketones (excluding diaryl/α,β-unsaturated/α-hetero) is 1. The van der Waals surface area contributed by atoms with Gasteiger partial charge < -0.3 is 19.7 Å². The number of nitrogens with zero attached hydrogens (tertiary/aromatic N) is 3. The second-order valence-corrected chi connectivity index (χ2v) is 14.1. The Balaban J connectivity index is 1.30. The first-order valence-corrected chi connectivity index (χ1v) is 17.1. The summed E-state index contributed by atoms with van der Waals surface area (Å²) in [5.74, 6) is 0.430. The number of rotatable bonds is 8. The van der Waals surface area contributed by atoms with Crippen molar-refractivity contribution in [2.75, 3.05) is 13.7 Å². The van der Waals surface area contributed by atoms with Gasteiger partial charge in [-0.3, -0.25) is 14.6 Å². The van der Waals surface area contributed by atoms with Gasteiger partial charge in [0, 0.05) is 58.8 Å². The third kappa shape index (κ3) is 7.58. The zero-order valence-electron chi connectivity index (χ0n) is 27.9. The molecular weight excluding hydrogens is 663 g/mol. The molecule has 1 saturated heterocycles. The number of hydrogen-bond donors (Lipinski definition) is 1. The van der Waals surface area contributed by atoms with Crippen molar-refractivity contribution >= 4 is 41.0 Å². The summed E-state index contributed by atoms with van der Waals surface area (Å²) >= 11 is 14.1. The summed E-state index contributed by atoms with van der Waals surface area (Å²) in [7, 11) is 1.53. The van der Waals surface area contributed by atoms with Gasteiger partial charge in [-0.1, -0.05) is 59.6 Å². The second kappa shape index (κ2) is 14.2. The fraction of sp³-hybridized carbons (Fsp3) is 0.342. The highest BCUT2D eigenvalue weighted by Crippen LogP contribution is 2.42. The summed E-state index contributed by atoms with van der Waals surface area (Å²) in [6.45, 7) is 5.89. The molecule has 3 heterocycles. The number of hydrogen-bond acceptors (Lipinski definition) is 7. The Morgan fingerprint density at radius 2 is 1.49 bits per heavy atom. The van der Waals surface area contributed by atoms with Crippen LogP contribution in [0.15, 0.2) is 60.7 Å². The third-order valence-electron chi connectivity index (χ3n) is 8.60. The molecule has 2 aromatic carbocycles. The minimum Gasteiger partial charge on any atom is -0.481 e. The van der Waals surface area contributed by atoms with Crippen molar-refractivity contribution in [2.45, 2.75) is 71.1 Å². The summed E-state index contributed by atoms with van der Waals surface area (Å²) < 4.78 is 11.4. The van der Waals surface area contributed by atoms with Gasteiger partial charge >= 0.3 is 6.09 Å². The Kier molecular flexibility index (Phi) is 9.95. The van der Waals surface area contributed by atoms with Gasteiger partial charge in [0.05, 0.1) is 40.8 Å². The highest BCUT2D eigenvalue weighted by molar-refractivity contribution is 6.39. The number of methoxy groups -OCH3 is 1. The number of carbonyl (C=O) groups excluding carboxylic acids is 3. The Morgan fingerprint density at radius 3 is 2.10 bits per heavy atom. The zero-order valence-corrected chi connectivity index (χ0v) is 29.5. The molecule has 1 N–H and O–H groups in total. The molecule has 9 nitrogen and oxygen atoms in total. The summed E-state index contributed by atoms with van der Waals surface area (Å²) in [6, 6.07) is 18.6. The SMILES string of the molecule is COc1nc(-c2cccc(-c3cccc(-c4ccc5c(n4)CCCC5=O)c3Cl)c2Cl)ccc1CN(C[C@@H]1CCC(=O)N1)C(=O)OC(C)(C)C. The maximum absolute atomic E-state index is 13.2. The van der Waals surface area contributed by atoms with Crippen LogP contribution in [0, 0.1) is 0 Å². The predicted octanol–water partition coefficient (Wildman–Crippen LogP) is 8.33. The fourth-order valence-corrected chi connectivity index (χ4v) is 6.90. The Morgan fingerprint density at radius 1 is 0.857 bits per heavy atom. The molecule has 0 spiro atoms. The summed E-state index contributed by atoms with van der Waals surface area (Å²) in [6.07, 6.45) is 2.67. The van der Waals surface area contributed by atoms with E-state index in [4.69, 9.17) is 42.6 Å². The lowest BCUT2D eigenvalue weighted by Crippen LogP contribution is -2.43. The number of fused-ring (bicyclic) bond motifs is 1. The van der Waals surface area contributed by atoms with Crippen LogP contribution in [-0.2, 0) is 22.5 Å². The molecule has 0 unspecified atom stereocenters. The van der Waals surface area contributed by atoms with E-state index < -0.39 is 11.7 Å². The van der Waals surface area contributed by atoms with Crippen molar-refractivity contribution in [3.63, 3.8) is 0 Å². The summed E-state index contributed by atoms with van der Waals surface area (Å²) in [4.78, 5) is 48.6. The van der Waals surface area contributed by atoms with Gasteiger partial charge in [-0.05, 0) is 64.3 Å². The zero-order chi connectivity index (χ0) is 34.9. The molecule has 254 valence electrons. The van der Waals surface area contributed by atoms with Crippen molar-refractivity contribution in [1.82, 2.24) is 20.2 Å². The number of pyridine rings is 2. The Bertz CT molecular complexity index is 1940. The van der Waals surface area contributed by atoms with Crippen LogP contribution in [0.1, 0.15) is 68.1 Å². The number of ketones is 1. The topological polar surface area (TPSA) is 111 Å². The van der Waals surface area contributed by atoms with Crippen LogP contribution < -0.4 is 10.1 Å². The van der Waals surface area contributed by atoms with Gasteiger partial charge in [-0.15, -0.1) is 0 Å². The first-order valence-electron chi connectivity index (χ1n) is 16.3. The summed E-state index contributed by atoms with van der Waals surface area (Å²) in [5, 5.41) is 3.88. The van der Waals surface area contributed by atoms with Gasteiger partial charge in [-0.25, -0.2) is 9.78 Å². The van der Waals surface area contributed by atoms with Crippen molar-refractivity contribution in [1.29, 1.82) is 0 Å². The maximum Gasteiger partial charge on any atom is 0.410 e. The van der Waals surface area contributed by atoms with Crippen molar-refractivity contribution in [3.8, 4) is 39.5 Å². The average Bonchev–Trinajstić information content (AvgIpc) is 3.48. The van der Waals surface area contributed by atoms with E-state index in [9.17, 15) is 14.4 Å². The van der Waals surface area contributed by atoms with E-state index in [0.29, 0.717) is 69.8 Å². The number of ether oxygens (including phenoxy) is 2. The molecule has 1 fully saturated rings. The van der Waals surface area contributed by atoms with Gasteiger partial charge in [-0.2, -0.15) is 0 Å².